The van der Waals surface area contributed by atoms with Crippen LogP contribution >= 0.6 is 0 Å². The van der Waals surface area contributed by atoms with Crippen LogP contribution in [0.1, 0.15) is 17.5 Å². The van der Waals surface area contributed by atoms with E-state index in [1.165, 1.54) is 0 Å². The fourth-order valence-corrected chi connectivity index (χ4v) is 3.18. The molecule has 2 heterocycles. The van der Waals surface area contributed by atoms with E-state index in [0.29, 0.717) is 26.1 Å². The van der Waals surface area contributed by atoms with Gasteiger partial charge in [-0.1, -0.05) is 24.3 Å². The van der Waals surface area contributed by atoms with E-state index in [1.54, 1.807) is 0 Å². The lowest BCUT2D eigenvalue weighted by Crippen LogP contribution is -2.53. The third kappa shape index (κ3) is 3.14. The molecule has 1 aromatic rings. The predicted octanol–water partition coefficient (Wildman–Crippen LogP) is 0.997. The lowest BCUT2D eigenvalue weighted by atomic mass is 10.0. The minimum absolute atomic E-state index is 0.103. The van der Waals surface area contributed by atoms with Crippen LogP contribution in [0, 0.1) is 6.92 Å². The standard InChI is InChI=1S/C17H22N2O3/c1-13-4-2-3-5-14(13)12-16(20)19-9-7-18(8-10-19)15-6-11-22-17(15)21/h2-5,15H,6-12H2,1H3/t15-/m1/s1. The highest BCUT2D eigenvalue weighted by Crippen LogP contribution is 2.17. The number of hydrogen-bond acceptors (Lipinski definition) is 4. The first-order valence-corrected chi connectivity index (χ1v) is 7.88. The van der Waals surface area contributed by atoms with Crippen molar-refractivity contribution in [3.8, 4) is 0 Å². The van der Waals surface area contributed by atoms with Crippen LogP contribution in [0.2, 0.25) is 0 Å². The molecule has 0 saturated carbocycles. The van der Waals surface area contributed by atoms with Crippen LogP contribution in [0.5, 0.6) is 0 Å². The summed E-state index contributed by atoms with van der Waals surface area (Å²) in [5.41, 5.74) is 2.25. The second-order valence-corrected chi connectivity index (χ2v) is 5.99. The van der Waals surface area contributed by atoms with E-state index in [-0.39, 0.29) is 17.9 Å². The number of cyclic esters (lactones) is 1. The highest BCUT2D eigenvalue weighted by molar-refractivity contribution is 5.79. The fourth-order valence-electron chi connectivity index (χ4n) is 3.18. The van der Waals surface area contributed by atoms with Crippen LogP contribution in [-0.4, -0.2) is 60.5 Å². The Kier molecular flexibility index (Phi) is 4.43. The lowest BCUT2D eigenvalue weighted by Gasteiger charge is -2.36. The Morgan fingerprint density at radius 1 is 1.23 bits per heavy atom. The van der Waals surface area contributed by atoms with Crippen LogP contribution < -0.4 is 0 Å². The second-order valence-electron chi connectivity index (χ2n) is 5.99. The number of aryl methyl sites for hydroxylation is 1. The van der Waals surface area contributed by atoms with Gasteiger partial charge in [0.05, 0.1) is 13.0 Å². The van der Waals surface area contributed by atoms with Crippen molar-refractivity contribution in [2.24, 2.45) is 0 Å². The first-order chi connectivity index (χ1) is 10.6. The van der Waals surface area contributed by atoms with Crippen LogP contribution in [-0.2, 0) is 20.7 Å². The van der Waals surface area contributed by atoms with Gasteiger partial charge in [0.2, 0.25) is 5.91 Å². The average molecular weight is 302 g/mol. The molecule has 2 saturated heterocycles. The van der Waals surface area contributed by atoms with Crippen LogP contribution in [0.3, 0.4) is 0 Å². The number of amides is 1. The molecule has 0 aromatic heterocycles. The lowest BCUT2D eigenvalue weighted by molar-refractivity contribution is -0.143. The molecule has 5 heteroatoms. The summed E-state index contributed by atoms with van der Waals surface area (Å²) in [6, 6.07) is 7.90. The molecule has 118 valence electrons. The molecule has 0 aliphatic carbocycles. The van der Waals surface area contributed by atoms with Gasteiger partial charge in [0.1, 0.15) is 6.04 Å². The highest BCUT2D eigenvalue weighted by atomic mass is 16.5. The summed E-state index contributed by atoms with van der Waals surface area (Å²) in [5.74, 6) is 0.0580. The molecular weight excluding hydrogens is 280 g/mol. The first-order valence-electron chi connectivity index (χ1n) is 7.88. The normalized spacial score (nSPS) is 22.7. The number of nitrogens with zero attached hydrogens (tertiary/aromatic N) is 2. The zero-order valence-electron chi connectivity index (χ0n) is 13.0. The van der Waals surface area contributed by atoms with E-state index < -0.39 is 0 Å². The largest absolute Gasteiger partial charge is 0.464 e. The van der Waals surface area contributed by atoms with Gasteiger partial charge in [-0.25, -0.2) is 0 Å². The number of hydrogen-bond donors (Lipinski definition) is 0. The van der Waals surface area contributed by atoms with Gasteiger partial charge >= 0.3 is 5.97 Å². The Bertz CT molecular complexity index is 565. The summed E-state index contributed by atoms with van der Waals surface area (Å²) < 4.78 is 5.02. The SMILES string of the molecule is Cc1ccccc1CC(=O)N1CCN([C@@H]2CCOC2=O)CC1. The van der Waals surface area contributed by atoms with Crippen LogP contribution in [0.15, 0.2) is 24.3 Å². The molecule has 2 aliphatic heterocycles. The smallest absolute Gasteiger partial charge is 0.323 e. The molecule has 0 radical (unpaired) electrons. The average Bonchev–Trinajstić information content (AvgIpc) is 2.96. The van der Waals surface area contributed by atoms with E-state index in [4.69, 9.17) is 4.74 Å². The maximum absolute atomic E-state index is 12.4. The zero-order valence-corrected chi connectivity index (χ0v) is 13.0. The Hall–Kier alpha value is -1.88. The highest BCUT2D eigenvalue weighted by Gasteiger charge is 2.34. The summed E-state index contributed by atoms with van der Waals surface area (Å²) in [5, 5.41) is 0. The predicted molar refractivity (Wildman–Crippen MR) is 82.4 cm³/mol. The van der Waals surface area contributed by atoms with Crippen LogP contribution in [0.25, 0.3) is 0 Å². The van der Waals surface area contributed by atoms with Crippen molar-refractivity contribution in [1.82, 2.24) is 9.80 Å². The van der Waals surface area contributed by atoms with E-state index >= 15 is 0 Å². The zero-order chi connectivity index (χ0) is 15.5. The summed E-state index contributed by atoms with van der Waals surface area (Å²) in [4.78, 5) is 28.1. The van der Waals surface area contributed by atoms with Crippen molar-refractivity contribution in [1.29, 1.82) is 0 Å². The second kappa shape index (κ2) is 6.48. The summed E-state index contributed by atoms with van der Waals surface area (Å²) >= 11 is 0. The minimum atomic E-state index is -0.111. The van der Waals surface area contributed by atoms with Crippen molar-refractivity contribution >= 4 is 11.9 Å². The molecule has 0 unspecified atom stereocenters. The topological polar surface area (TPSA) is 49.9 Å². The molecule has 0 spiro atoms. The summed E-state index contributed by atoms with van der Waals surface area (Å²) in [6.07, 6.45) is 1.23. The van der Waals surface area contributed by atoms with Gasteiger partial charge in [0.15, 0.2) is 0 Å². The third-order valence-corrected chi connectivity index (χ3v) is 4.62. The number of carbonyl (C=O) groups is 2. The number of rotatable bonds is 3. The molecule has 3 rings (SSSR count). The molecule has 1 aromatic carbocycles. The fraction of sp³-hybridized carbons (Fsp3) is 0.529. The van der Waals surface area contributed by atoms with Crippen molar-refractivity contribution in [2.45, 2.75) is 25.8 Å². The first kappa shape index (κ1) is 15.0. The minimum Gasteiger partial charge on any atom is -0.464 e. The van der Waals surface area contributed by atoms with Gasteiger partial charge in [-0.15, -0.1) is 0 Å². The van der Waals surface area contributed by atoms with Crippen molar-refractivity contribution in [3.05, 3.63) is 35.4 Å². The number of benzene rings is 1. The molecule has 0 N–H and O–H groups in total. The molecule has 1 amide bonds. The molecule has 2 fully saturated rings. The number of ether oxygens (including phenoxy) is 1. The Labute approximate surface area is 130 Å². The Morgan fingerprint density at radius 3 is 2.59 bits per heavy atom. The molecule has 2 aliphatic rings. The molecule has 5 nitrogen and oxygen atoms in total. The van der Waals surface area contributed by atoms with E-state index in [9.17, 15) is 9.59 Å². The number of esters is 1. The molecule has 22 heavy (non-hydrogen) atoms. The van der Waals surface area contributed by atoms with Gasteiger partial charge in [0, 0.05) is 32.6 Å². The Morgan fingerprint density at radius 2 is 1.95 bits per heavy atom. The van der Waals surface area contributed by atoms with Gasteiger partial charge in [-0.2, -0.15) is 0 Å². The maximum atomic E-state index is 12.4. The van der Waals surface area contributed by atoms with Crippen molar-refractivity contribution in [3.63, 3.8) is 0 Å². The van der Waals surface area contributed by atoms with Gasteiger partial charge in [0.25, 0.3) is 0 Å². The Balaban J connectivity index is 1.54. The summed E-state index contributed by atoms with van der Waals surface area (Å²) in [6.45, 7) is 5.43. The van der Waals surface area contributed by atoms with Gasteiger partial charge < -0.3 is 9.64 Å². The van der Waals surface area contributed by atoms with Crippen LogP contribution in [0.4, 0.5) is 0 Å². The van der Waals surface area contributed by atoms with Crippen molar-refractivity contribution < 1.29 is 14.3 Å². The number of carbonyl (C=O) groups excluding carboxylic acids is 2. The third-order valence-electron chi connectivity index (χ3n) is 4.62. The molecular formula is C17H22N2O3. The monoisotopic (exact) mass is 302 g/mol. The number of piperazine rings is 1. The summed E-state index contributed by atoms with van der Waals surface area (Å²) in [7, 11) is 0. The maximum Gasteiger partial charge on any atom is 0.323 e. The van der Waals surface area contributed by atoms with Gasteiger partial charge in [-0.3, -0.25) is 14.5 Å². The molecule has 0 bridgehead atoms. The quantitative estimate of drug-likeness (QED) is 0.782. The van der Waals surface area contributed by atoms with Gasteiger partial charge in [-0.05, 0) is 18.1 Å². The van der Waals surface area contributed by atoms with E-state index in [0.717, 1.165) is 30.6 Å². The van der Waals surface area contributed by atoms with Crippen molar-refractivity contribution in [2.75, 3.05) is 32.8 Å². The molecule has 1 atom stereocenters. The van der Waals surface area contributed by atoms with E-state index in [2.05, 4.69) is 4.90 Å². The van der Waals surface area contributed by atoms with E-state index in [1.807, 2.05) is 36.1 Å².